The van der Waals surface area contributed by atoms with Crippen molar-refractivity contribution in [3.05, 3.63) is 29.3 Å². The van der Waals surface area contributed by atoms with E-state index in [1.54, 1.807) is 0 Å². The van der Waals surface area contributed by atoms with Gasteiger partial charge in [-0.1, -0.05) is 31.9 Å². The molecule has 0 aromatic heterocycles. The molecule has 0 saturated carbocycles. The van der Waals surface area contributed by atoms with Gasteiger partial charge in [0.1, 0.15) is 0 Å². The summed E-state index contributed by atoms with van der Waals surface area (Å²) in [6.07, 6.45) is 6.42. The fourth-order valence-corrected chi connectivity index (χ4v) is 3.44. The Morgan fingerprint density at radius 2 is 2.00 bits per heavy atom. The molecule has 1 unspecified atom stereocenters. The maximum atomic E-state index is 5.89. The first-order valence-electron chi connectivity index (χ1n) is 8.20. The van der Waals surface area contributed by atoms with E-state index in [0.29, 0.717) is 0 Å². The third-order valence-corrected chi connectivity index (χ3v) is 4.47. The van der Waals surface area contributed by atoms with Gasteiger partial charge in [0, 0.05) is 24.8 Å². The molecule has 0 amide bonds. The first kappa shape index (κ1) is 15.4. The molecule has 1 fully saturated rings. The molecule has 2 heteroatoms. The van der Waals surface area contributed by atoms with Crippen molar-refractivity contribution in [3.8, 4) is 0 Å². The van der Waals surface area contributed by atoms with Gasteiger partial charge in [-0.25, -0.2) is 0 Å². The molecule has 1 aromatic carbocycles. The van der Waals surface area contributed by atoms with Crippen LogP contribution in [-0.2, 0) is 6.42 Å². The smallest absolute Gasteiger partial charge is 0.0396 e. The molecule has 0 bridgehead atoms. The number of hydrogen-bond donors (Lipinski definition) is 1. The minimum Gasteiger partial charge on any atom is -0.371 e. The van der Waals surface area contributed by atoms with Gasteiger partial charge < -0.3 is 10.6 Å². The number of hydrogen-bond acceptors (Lipinski definition) is 2. The Kier molecular flexibility index (Phi) is 5.47. The zero-order valence-corrected chi connectivity index (χ0v) is 13.4. The molecule has 2 rings (SSSR count). The highest BCUT2D eigenvalue weighted by Crippen LogP contribution is 2.28. The van der Waals surface area contributed by atoms with Gasteiger partial charge in [0.15, 0.2) is 0 Å². The third-order valence-electron chi connectivity index (χ3n) is 4.47. The standard InChI is InChI=1S/C18H30N2/c1-4-5-16-8-10-20(11-9-16)18-7-6-17(12-14(18)2)13-15(3)19/h6-7,12,15-16H,4-5,8-11,13,19H2,1-3H3. The molecule has 0 spiro atoms. The molecule has 1 heterocycles. The van der Waals surface area contributed by atoms with Gasteiger partial charge in [-0.2, -0.15) is 0 Å². The van der Waals surface area contributed by atoms with Crippen LogP contribution >= 0.6 is 0 Å². The Morgan fingerprint density at radius 1 is 1.30 bits per heavy atom. The fourth-order valence-electron chi connectivity index (χ4n) is 3.44. The molecule has 2 nitrogen and oxygen atoms in total. The summed E-state index contributed by atoms with van der Waals surface area (Å²) in [7, 11) is 0. The monoisotopic (exact) mass is 274 g/mol. The SMILES string of the molecule is CCCC1CCN(c2ccc(CC(C)N)cc2C)CC1. The van der Waals surface area contributed by atoms with Gasteiger partial charge in [0.2, 0.25) is 0 Å². The van der Waals surface area contributed by atoms with Gasteiger partial charge in [-0.05, 0) is 56.2 Å². The summed E-state index contributed by atoms with van der Waals surface area (Å²) < 4.78 is 0. The maximum absolute atomic E-state index is 5.89. The normalized spacial score (nSPS) is 18.3. The van der Waals surface area contributed by atoms with Crippen LogP contribution in [0.1, 0.15) is 50.7 Å². The molecule has 0 aliphatic carbocycles. The van der Waals surface area contributed by atoms with Crippen LogP contribution in [0.2, 0.25) is 0 Å². The van der Waals surface area contributed by atoms with E-state index < -0.39 is 0 Å². The summed E-state index contributed by atoms with van der Waals surface area (Å²) in [6.45, 7) is 9.05. The summed E-state index contributed by atoms with van der Waals surface area (Å²) in [5.41, 5.74) is 10.1. The van der Waals surface area contributed by atoms with E-state index in [9.17, 15) is 0 Å². The number of piperidine rings is 1. The lowest BCUT2D eigenvalue weighted by molar-refractivity contribution is 0.378. The molecule has 1 atom stereocenters. The van der Waals surface area contributed by atoms with Crippen molar-refractivity contribution in [1.82, 2.24) is 0 Å². The van der Waals surface area contributed by atoms with Crippen LogP contribution in [0, 0.1) is 12.8 Å². The van der Waals surface area contributed by atoms with Gasteiger partial charge in [0.05, 0.1) is 0 Å². The predicted molar refractivity (Wildman–Crippen MR) is 88.4 cm³/mol. The zero-order valence-electron chi connectivity index (χ0n) is 13.4. The molecule has 1 saturated heterocycles. The maximum Gasteiger partial charge on any atom is 0.0396 e. The molecule has 20 heavy (non-hydrogen) atoms. The predicted octanol–water partition coefficient (Wildman–Crippen LogP) is 3.90. The van der Waals surface area contributed by atoms with Crippen molar-refractivity contribution in [2.75, 3.05) is 18.0 Å². The van der Waals surface area contributed by atoms with E-state index in [1.807, 2.05) is 0 Å². The van der Waals surface area contributed by atoms with E-state index in [2.05, 4.69) is 43.9 Å². The van der Waals surface area contributed by atoms with Gasteiger partial charge in [-0.15, -0.1) is 0 Å². The van der Waals surface area contributed by atoms with Crippen LogP contribution in [0.15, 0.2) is 18.2 Å². The van der Waals surface area contributed by atoms with Crippen molar-refractivity contribution in [3.63, 3.8) is 0 Å². The Balaban J connectivity index is 1.99. The Labute approximate surface area is 124 Å². The summed E-state index contributed by atoms with van der Waals surface area (Å²) in [4.78, 5) is 2.57. The molecule has 112 valence electrons. The van der Waals surface area contributed by atoms with Gasteiger partial charge in [-0.3, -0.25) is 0 Å². The Hall–Kier alpha value is -1.02. The van der Waals surface area contributed by atoms with Crippen LogP contribution in [0.25, 0.3) is 0 Å². The van der Waals surface area contributed by atoms with Crippen molar-refractivity contribution in [2.45, 2.75) is 58.9 Å². The Bertz CT molecular complexity index is 417. The third kappa shape index (κ3) is 3.99. The zero-order chi connectivity index (χ0) is 14.5. The number of benzene rings is 1. The molecule has 2 N–H and O–H groups in total. The lowest BCUT2D eigenvalue weighted by Gasteiger charge is -2.34. The number of rotatable bonds is 5. The largest absolute Gasteiger partial charge is 0.371 e. The Morgan fingerprint density at radius 3 is 2.55 bits per heavy atom. The second-order valence-corrected chi connectivity index (χ2v) is 6.52. The molecule has 1 aromatic rings. The highest BCUT2D eigenvalue weighted by Gasteiger charge is 2.19. The minimum absolute atomic E-state index is 0.241. The lowest BCUT2D eigenvalue weighted by atomic mass is 9.92. The molecular weight excluding hydrogens is 244 g/mol. The highest BCUT2D eigenvalue weighted by atomic mass is 15.1. The molecule has 1 aliphatic heterocycles. The van der Waals surface area contributed by atoms with Crippen molar-refractivity contribution in [1.29, 1.82) is 0 Å². The first-order valence-corrected chi connectivity index (χ1v) is 8.20. The van der Waals surface area contributed by atoms with Gasteiger partial charge >= 0.3 is 0 Å². The number of anilines is 1. The van der Waals surface area contributed by atoms with Crippen LogP contribution in [0.3, 0.4) is 0 Å². The number of nitrogens with two attached hydrogens (primary N) is 1. The molecular formula is C18H30N2. The average molecular weight is 274 g/mol. The van der Waals surface area contributed by atoms with Crippen LogP contribution in [-0.4, -0.2) is 19.1 Å². The summed E-state index contributed by atoms with van der Waals surface area (Å²) >= 11 is 0. The minimum atomic E-state index is 0.241. The van der Waals surface area contributed by atoms with Crippen molar-refractivity contribution >= 4 is 5.69 Å². The highest BCUT2D eigenvalue weighted by molar-refractivity contribution is 5.54. The van der Waals surface area contributed by atoms with Crippen molar-refractivity contribution in [2.24, 2.45) is 11.7 Å². The summed E-state index contributed by atoms with van der Waals surface area (Å²) in [5.74, 6) is 0.953. The molecule has 0 radical (unpaired) electrons. The second-order valence-electron chi connectivity index (χ2n) is 6.52. The second kappa shape index (κ2) is 7.12. The lowest BCUT2D eigenvalue weighted by Crippen LogP contribution is -2.34. The van der Waals surface area contributed by atoms with Crippen LogP contribution in [0.5, 0.6) is 0 Å². The van der Waals surface area contributed by atoms with Crippen LogP contribution < -0.4 is 10.6 Å². The average Bonchev–Trinajstić information content (AvgIpc) is 2.40. The number of aryl methyl sites for hydroxylation is 1. The topological polar surface area (TPSA) is 29.3 Å². The fraction of sp³-hybridized carbons (Fsp3) is 0.667. The van der Waals surface area contributed by atoms with E-state index >= 15 is 0 Å². The van der Waals surface area contributed by atoms with Crippen LogP contribution in [0.4, 0.5) is 5.69 Å². The van der Waals surface area contributed by atoms with E-state index in [1.165, 1.54) is 55.6 Å². The quantitative estimate of drug-likeness (QED) is 0.882. The first-order chi connectivity index (χ1) is 9.60. The van der Waals surface area contributed by atoms with Crippen molar-refractivity contribution < 1.29 is 0 Å². The number of nitrogens with zero attached hydrogens (tertiary/aromatic N) is 1. The summed E-state index contributed by atoms with van der Waals surface area (Å²) in [5, 5.41) is 0. The van der Waals surface area contributed by atoms with E-state index in [4.69, 9.17) is 5.73 Å². The van der Waals surface area contributed by atoms with Gasteiger partial charge in [0.25, 0.3) is 0 Å². The van der Waals surface area contributed by atoms with E-state index in [-0.39, 0.29) is 6.04 Å². The molecule has 1 aliphatic rings. The van der Waals surface area contributed by atoms with E-state index in [0.717, 1.165) is 12.3 Å². The summed E-state index contributed by atoms with van der Waals surface area (Å²) in [6, 6.07) is 7.11.